The van der Waals surface area contributed by atoms with Gasteiger partial charge in [0.1, 0.15) is 0 Å². The Morgan fingerprint density at radius 1 is 1.45 bits per heavy atom. The lowest BCUT2D eigenvalue weighted by molar-refractivity contribution is -0.114. The van der Waals surface area contributed by atoms with Crippen LogP contribution in [0.5, 0.6) is 0 Å². The minimum absolute atomic E-state index is 0.0451. The Labute approximate surface area is 120 Å². The lowest BCUT2D eigenvalue weighted by Gasteiger charge is -2.15. The first-order chi connectivity index (χ1) is 9.65. The molecule has 2 N–H and O–H groups in total. The standard InChI is InChI=1S/C16H24N2O2/c1-12(17-8-9-20-11-14-6-7-14)15-4-3-5-16(10-15)18-13(2)19/h3-5,10,12,14,17H,6-9,11H2,1-2H3,(H,18,19). The molecule has 1 saturated carbocycles. The van der Waals surface area contributed by atoms with Crippen LogP contribution in [-0.4, -0.2) is 25.7 Å². The average Bonchev–Trinajstić information content (AvgIpc) is 3.22. The number of amides is 1. The normalized spacial score (nSPS) is 15.9. The maximum Gasteiger partial charge on any atom is 0.221 e. The van der Waals surface area contributed by atoms with E-state index in [0.29, 0.717) is 0 Å². The van der Waals surface area contributed by atoms with Crippen molar-refractivity contribution in [3.63, 3.8) is 0 Å². The van der Waals surface area contributed by atoms with E-state index in [0.717, 1.165) is 31.4 Å². The number of hydrogen-bond acceptors (Lipinski definition) is 3. The van der Waals surface area contributed by atoms with Gasteiger partial charge >= 0.3 is 0 Å². The predicted molar refractivity (Wildman–Crippen MR) is 80.7 cm³/mol. The zero-order valence-electron chi connectivity index (χ0n) is 12.3. The van der Waals surface area contributed by atoms with Crippen molar-refractivity contribution in [2.75, 3.05) is 25.1 Å². The molecule has 1 amide bonds. The maximum atomic E-state index is 11.1. The highest BCUT2D eigenvalue weighted by Crippen LogP contribution is 2.28. The summed E-state index contributed by atoms with van der Waals surface area (Å²) in [7, 11) is 0. The van der Waals surface area contributed by atoms with Gasteiger partial charge in [0.2, 0.25) is 5.91 Å². The van der Waals surface area contributed by atoms with E-state index in [1.807, 2.05) is 18.2 Å². The molecule has 4 nitrogen and oxygen atoms in total. The van der Waals surface area contributed by atoms with Gasteiger partial charge in [0.15, 0.2) is 0 Å². The summed E-state index contributed by atoms with van der Waals surface area (Å²) in [4.78, 5) is 11.1. The molecule has 1 atom stereocenters. The van der Waals surface area contributed by atoms with Gasteiger partial charge in [0, 0.05) is 31.8 Å². The zero-order valence-corrected chi connectivity index (χ0v) is 12.3. The molecule has 0 heterocycles. The molecule has 0 aromatic heterocycles. The summed E-state index contributed by atoms with van der Waals surface area (Å²) in [6.07, 6.45) is 2.67. The van der Waals surface area contributed by atoms with Gasteiger partial charge in [-0.3, -0.25) is 4.79 Å². The molecule has 4 heteroatoms. The molecule has 0 radical (unpaired) electrons. The third-order valence-electron chi connectivity index (χ3n) is 3.45. The van der Waals surface area contributed by atoms with Crippen molar-refractivity contribution in [1.29, 1.82) is 0 Å². The van der Waals surface area contributed by atoms with Gasteiger partial charge in [-0.15, -0.1) is 0 Å². The maximum absolute atomic E-state index is 11.1. The summed E-state index contributed by atoms with van der Waals surface area (Å²) >= 11 is 0. The molecule has 20 heavy (non-hydrogen) atoms. The first kappa shape index (κ1) is 15.0. The number of anilines is 1. The van der Waals surface area contributed by atoms with Crippen LogP contribution in [0.4, 0.5) is 5.69 Å². The number of nitrogens with one attached hydrogen (secondary N) is 2. The molecule has 1 aliphatic rings. The zero-order chi connectivity index (χ0) is 14.4. The molecular weight excluding hydrogens is 252 g/mol. The molecule has 0 saturated heterocycles. The number of rotatable bonds is 8. The first-order valence-electron chi connectivity index (χ1n) is 7.34. The van der Waals surface area contributed by atoms with E-state index < -0.39 is 0 Å². The summed E-state index contributed by atoms with van der Waals surface area (Å²) < 4.78 is 5.60. The summed E-state index contributed by atoms with van der Waals surface area (Å²) in [5, 5.41) is 6.24. The van der Waals surface area contributed by atoms with E-state index in [-0.39, 0.29) is 11.9 Å². The molecule has 1 fully saturated rings. The number of hydrogen-bond donors (Lipinski definition) is 2. The van der Waals surface area contributed by atoms with Crippen LogP contribution in [0.25, 0.3) is 0 Å². The molecular formula is C16H24N2O2. The molecule has 0 aliphatic heterocycles. The van der Waals surface area contributed by atoms with Crippen molar-refractivity contribution in [3.8, 4) is 0 Å². The van der Waals surface area contributed by atoms with Crippen molar-refractivity contribution in [1.82, 2.24) is 5.32 Å². The highest BCUT2D eigenvalue weighted by Gasteiger charge is 2.20. The lowest BCUT2D eigenvalue weighted by Crippen LogP contribution is -2.23. The van der Waals surface area contributed by atoms with Crippen LogP contribution in [0, 0.1) is 5.92 Å². The second-order valence-corrected chi connectivity index (χ2v) is 5.50. The molecule has 1 unspecified atom stereocenters. The Balaban J connectivity index is 1.72. The van der Waals surface area contributed by atoms with Gasteiger partial charge in [0.05, 0.1) is 6.61 Å². The second-order valence-electron chi connectivity index (χ2n) is 5.50. The van der Waals surface area contributed by atoms with Gasteiger partial charge in [-0.25, -0.2) is 0 Å². The van der Waals surface area contributed by atoms with E-state index in [9.17, 15) is 4.79 Å². The monoisotopic (exact) mass is 276 g/mol. The third kappa shape index (κ3) is 5.31. The van der Waals surface area contributed by atoms with Crippen molar-refractivity contribution in [2.45, 2.75) is 32.7 Å². The van der Waals surface area contributed by atoms with Crippen molar-refractivity contribution < 1.29 is 9.53 Å². The van der Waals surface area contributed by atoms with Crippen molar-refractivity contribution in [3.05, 3.63) is 29.8 Å². The Bertz CT molecular complexity index is 444. The number of carbonyl (C=O) groups excluding carboxylic acids is 1. The van der Waals surface area contributed by atoms with Crippen molar-refractivity contribution in [2.24, 2.45) is 5.92 Å². The molecule has 110 valence electrons. The summed E-state index contributed by atoms with van der Waals surface area (Å²) in [5.74, 6) is 0.776. The first-order valence-corrected chi connectivity index (χ1v) is 7.34. The highest BCUT2D eigenvalue weighted by atomic mass is 16.5. The fourth-order valence-electron chi connectivity index (χ4n) is 2.09. The van der Waals surface area contributed by atoms with Crippen LogP contribution >= 0.6 is 0 Å². The SMILES string of the molecule is CC(=O)Nc1cccc(C(C)NCCOCC2CC2)c1. The summed E-state index contributed by atoms with van der Waals surface area (Å²) in [5.41, 5.74) is 2.01. The number of ether oxygens (including phenoxy) is 1. The van der Waals surface area contributed by atoms with Crippen LogP contribution in [0.15, 0.2) is 24.3 Å². The third-order valence-corrected chi connectivity index (χ3v) is 3.45. The molecule has 0 bridgehead atoms. The van der Waals surface area contributed by atoms with E-state index >= 15 is 0 Å². The van der Waals surface area contributed by atoms with Gasteiger partial charge < -0.3 is 15.4 Å². The van der Waals surface area contributed by atoms with Gasteiger partial charge in [-0.05, 0) is 43.4 Å². The fraction of sp³-hybridized carbons (Fsp3) is 0.562. The van der Waals surface area contributed by atoms with Crippen LogP contribution in [0.3, 0.4) is 0 Å². The Morgan fingerprint density at radius 2 is 2.25 bits per heavy atom. The lowest BCUT2D eigenvalue weighted by atomic mass is 10.1. The van der Waals surface area contributed by atoms with E-state index in [2.05, 4.69) is 23.6 Å². The predicted octanol–water partition coefficient (Wildman–Crippen LogP) is 2.72. The van der Waals surface area contributed by atoms with Crippen LogP contribution in [-0.2, 0) is 9.53 Å². The Kier molecular flexibility index (Phi) is 5.56. The molecule has 1 aliphatic carbocycles. The van der Waals surface area contributed by atoms with Crippen LogP contribution in [0.1, 0.15) is 38.3 Å². The topological polar surface area (TPSA) is 50.4 Å². The quantitative estimate of drug-likeness (QED) is 0.718. The summed E-state index contributed by atoms with van der Waals surface area (Å²) in [6, 6.07) is 8.17. The van der Waals surface area contributed by atoms with Gasteiger partial charge in [-0.2, -0.15) is 0 Å². The number of benzene rings is 1. The molecule has 1 aromatic carbocycles. The molecule has 1 aromatic rings. The largest absolute Gasteiger partial charge is 0.380 e. The van der Waals surface area contributed by atoms with E-state index in [4.69, 9.17) is 4.74 Å². The van der Waals surface area contributed by atoms with Gasteiger partial charge in [0.25, 0.3) is 0 Å². The van der Waals surface area contributed by atoms with Crippen molar-refractivity contribution >= 4 is 11.6 Å². The highest BCUT2D eigenvalue weighted by molar-refractivity contribution is 5.88. The van der Waals surface area contributed by atoms with E-state index in [1.165, 1.54) is 25.3 Å². The smallest absolute Gasteiger partial charge is 0.221 e. The Morgan fingerprint density at radius 3 is 2.95 bits per heavy atom. The average molecular weight is 276 g/mol. The Hall–Kier alpha value is -1.39. The minimum Gasteiger partial charge on any atom is -0.380 e. The van der Waals surface area contributed by atoms with E-state index in [1.54, 1.807) is 0 Å². The summed E-state index contributed by atoms with van der Waals surface area (Å²) in [6.45, 7) is 6.15. The van der Waals surface area contributed by atoms with Gasteiger partial charge in [-0.1, -0.05) is 12.1 Å². The second kappa shape index (κ2) is 7.41. The van der Waals surface area contributed by atoms with Crippen LogP contribution < -0.4 is 10.6 Å². The molecule has 2 rings (SSSR count). The number of carbonyl (C=O) groups is 1. The van der Waals surface area contributed by atoms with Crippen LogP contribution in [0.2, 0.25) is 0 Å². The molecule has 0 spiro atoms. The fourth-order valence-corrected chi connectivity index (χ4v) is 2.09. The minimum atomic E-state index is -0.0451.